The summed E-state index contributed by atoms with van der Waals surface area (Å²) in [5, 5.41) is 12.3. The Bertz CT molecular complexity index is 659. The van der Waals surface area contributed by atoms with Crippen molar-refractivity contribution in [3.63, 3.8) is 0 Å². The molecule has 2 aromatic carbocycles. The maximum Gasteiger partial charge on any atom is 0.173 e. The van der Waals surface area contributed by atoms with E-state index < -0.39 is 0 Å². The van der Waals surface area contributed by atoms with Gasteiger partial charge in [0.15, 0.2) is 5.84 Å². The Hall–Kier alpha value is -2.40. The fourth-order valence-electron chi connectivity index (χ4n) is 1.80. The van der Waals surface area contributed by atoms with E-state index in [-0.39, 0.29) is 5.84 Å². The molecule has 0 saturated heterocycles. The number of nitrogens with zero attached hydrogens (tertiary/aromatic N) is 1. The molecule has 0 bridgehead atoms. The minimum atomic E-state index is -0.0349. The summed E-state index contributed by atoms with van der Waals surface area (Å²) in [6, 6.07) is 12.4. The third kappa shape index (κ3) is 3.79. The van der Waals surface area contributed by atoms with Gasteiger partial charge in [-0.3, -0.25) is 0 Å². The summed E-state index contributed by atoms with van der Waals surface area (Å²) >= 11 is 5.95. The topological polar surface area (TPSA) is 77.1 Å². The monoisotopic (exact) mass is 306 g/mol. The molecule has 2 rings (SSSR count). The van der Waals surface area contributed by atoms with E-state index in [2.05, 4.69) is 5.16 Å². The van der Waals surface area contributed by atoms with Gasteiger partial charge in [-0.25, -0.2) is 0 Å². The number of hydrogen-bond acceptors (Lipinski definition) is 4. The molecule has 110 valence electrons. The van der Waals surface area contributed by atoms with Crippen LogP contribution in [0.3, 0.4) is 0 Å². The summed E-state index contributed by atoms with van der Waals surface area (Å²) in [6.07, 6.45) is 0. The van der Waals surface area contributed by atoms with Crippen molar-refractivity contribution >= 4 is 17.4 Å². The Kier molecular flexibility index (Phi) is 4.90. The minimum absolute atomic E-state index is 0.0349. The van der Waals surface area contributed by atoms with E-state index in [0.717, 1.165) is 11.3 Å². The van der Waals surface area contributed by atoms with Gasteiger partial charge >= 0.3 is 0 Å². The average molecular weight is 307 g/mol. The second kappa shape index (κ2) is 6.85. The number of hydrogen-bond donors (Lipinski definition) is 2. The van der Waals surface area contributed by atoms with Crippen LogP contribution in [0, 0.1) is 0 Å². The van der Waals surface area contributed by atoms with Gasteiger partial charge in [0, 0.05) is 5.02 Å². The molecular formula is C15H15ClN2O3. The van der Waals surface area contributed by atoms with E-state index in [9.17, 15) is 0 Å². The summed E-state index contributed by atoms with van der Waals surface area (Å²) in [5.74, 6) is 1.16. The normalized spacial score (nSPS) is 11.2. The van der Waals surface area contributed by atoms with Gasteiger partial charge in [-0.1, -0.05) is 28.9 Å². The molecule has 0 aromatic heterocycles. The highest BCUT2D eigenvalue weighted by Crippen LogP contribution is 2.24. The van der Waals surface area contributed by atoms with E-state index in [4.69, 9.17) is 32.0 Å². The van der Waals surface area contributed by atoms with Gasteiger partial charge in [-0.15, -0.1) is 0 Å². The zero-order valence-corrected chi connectivity index (χ0v) is 12.2. The van der Waals surface area contributed by atoms with Crippen LogP contribution in [-0.4, -0.2) is 18.2 Å². The Morgan fingerprint density at radius 2 is 2.10 bits per heavy atom. The molecule has 0 heterocycles. The minimum Gasteiger partial charge on any atom is -0.497 e. The first kappa shape index (κ1) is 15.0. The van der Waals surface area contributed by atoms with Crippen LogP contribution >= 0.6 is 11.6 Å². The Morgan fingerprint density at radius 3 is 2.81 bits per heavy atom. The van der Waals surface area contributed by atoms with Crippen LogP contribution in [0.25, 0.3) is 0 Å². The molecule has 0 amide bonds. The molecule has 3 N–H and O–H groups in total. The lowest BCUT2D eigenvalue weighted by molar-refractivity contribution is 0.302. The highest BCUT2D eigenvalue weighted by molar-refractivity contribution is 6.30. The SMILES string of the molecule is COc1cccc(COc2cc(Cl)ccc2C(N)=NO)c1. The molecule has 0 atom stereocenters. The van der Waals surface area contributed by atoms with E-state index >= 15 is 0 Å². The molecule has 0 aliphatic heterocycles. The molecule has 5 nitrogen and oxygen atoms in total. The van der Waals surface area contributed by atoms with Crippen molar-refractivity contribution in [2.75, 3.05) is 7.11 Å². The lowest BCUT2D eigenvalue weighted by Crippen LogP contribution is -2.14. The number of oxime groups is 1. The number of nitrogens with two attached hydrogens (primary N) is 1. The fraction of sp³-hybridized carbons (Fsp3) is 0.133. The summed E-state index contributed by atoms with van der Waals surface area (Å²) in [5.41, 5.74) is 7.02. The largest absolute Gasteiger partial charge is 0.497 e. The van der Waals surface area contributed by atoms with Gasteiger partial charge in [0.2, 0.25) is 0 Å². The number of methoxy groups -OCH3 is 1. The van der Waals surface area contributed by atoms with Crippen LogP contribution < -0.4 is 15.2 Å². The zero-order chi connectivity index (χ0) is 15.2. The van der Waals surface area contributed by atoms with Gasteiger partial charge in [0.25, 0.3) is 0 Å². The molecule has 0 aliphatic rings. The Morgan fingerprint density at radius 1 is 1.29 bits per heavy atom. The van der Waals surface area contributed by atoms with Crippen LogP contribution in [0.5, 0.6) is 11.5 Å². The smallest absolute Gasteiger partial charge is 0.173 e. The van der Waals surface area contributed by atoms with Crippen molar-refractivity contribution in [3.05, 3.63) is 58.6 Å². The Balaban J connectivity index is 2.20. The van der Waals surface area contributed by atoms with Crippen molar-refractivity contribution in [2.24, 2.45) is 10.9 Å². The summed E-state index contributed by atoms with van der Waals surface area (Å²) in [7, 11) is 1.60. The first-order chi connectivity index (χ1) is 10.1. The summed E-state index contributed by atoms with van der Waals surface area (Å²) in [6.45, 7) is 0.309. The fourth-order valence-corrected chi connectivity index (χ4v) is 1.97. The van der Waals surface area contributed by atoms with Crippen molar-refractivity contribution < 1.29 is 14.7 Å². The van der Waals surface area contributed by atoms with Crippen LogP contribution in [0.2, 0.25) is 5.02 Å². The third-order valence-electron chi connectivity index (χ3n) is 2.86. The van der Waals surface area contributed by atoms with E-state index in [1.54, 1.807) is 25.3 Å². The highest BCUT2D eigenvalue weighted by atomic mass is 35.5. The lowest BCUT2D eigenvalue weighted by Gasteiger charge is -2.11. The van der Waals surface area contributed by atoms with Crippen LogP contribution in [-0.2, 0) is 6.61 Å². The van der Waals surface area contributed by atoms with Crippen molar-refractivity contribution in [3.8, 4) is 11.5 Å². The van der Waals surface area contributed by atoms with Gasteiger partial charge in [0.05, 0.1) is 12.7 Å². The molecule has 0 aliphatic carbocycles. The van der Waals surface area contributed by atoms with Crippen LogP contribution in [0.1, 0.15) is 11.1 Å². The van der Waals surface area contributed by atoms with Crippen molar-refractivity contribution in [1.82, 2.24) is 0 Å². The van der Waals surface area contributed by atoms with Crippen LogP contribution in [0.15, 0.2) is 47.6 Å². The maximum atomic E-state index is 8.79. The van der Waals surface area contributed by atoms with E-state index in [1.807, 2.05) is 24.3 Å². The molecule has 0 fully saturated rings. The predicted molar refractivity (Wildman–Crippen MR) is 81.3 cm³/mol. The van der Waals surface area contributed by atoms with Gasteiger partial charge in [-0.2, -0.15) is 0 Å². The van der Waals surface area contributed by atoms with E-state index in [0.29, 0.717) is 22.9 Å². The van der Waals surface area contributed by atoms with Gasteiger partial charge < -0.3 is 20.4 Å². The van der Waals surface area contributed by atoms with Crippen LogP contribution in [0.4, 0.5) is 0 Å². The quantitative estimate of drug-likeness (QED) is 0.385. The first-order valence-electron chi connectivity index (χ1n) is 6.17. The first-order valence-corrected chi connectivity index (χ1v) is 6.55. The molecular weight excluding hydrogens is 292 g/mol. The predicted octanol–water partition coefficient (Wildman–Crippen LogP) is 3.02. The molecule has 2 aromatic rings. The van der Waals surface area contributed by atoms with Crippen molar-refractivity contribution in [1.29, 1.82) is 0 Å². The van der Waals surface area contributed by atoms with Gasteiger partial charge in [0.1, 0.15) is 18.1 Å². The number of benzene rings is 2. The molecule has 21 heavy (non-hydrogen) atoms. The lowest BCUT2D eigenvalue weighted by atomic mass is 10.2. The number of ether oxygens (including phenoxy) is 2. The maximum absolute atomic E-state index is 8.79. The molecule has 0 saturated carbocycles. The van der Waals surface area contributed by atoms with Gasteiger partial charge in [-0.05, 0) is 35.9 Å². The number of halogens is 1. The number of amidine groups is 1. The summed E-state index contributed by atoms with van der Waals surface area (Å²) in [4.78, 5) is 0. The van der Waals surface area contributed by atoms with E-state index in [1.165, 1.54) is 0 Å². The molecule has 6 heteroatoms. The Labute approximate surface area is 127 Å². The third-order valence-corrected chi connectivity index (χ3v) is 3.09. The number of rotatable bonds is 5. The highest BCUT2D eigenvalue weighted by Gasteiger charge is 2.09. The molecule has 0 radical (unpaired) electrons. The molecule has 0 spiro atoms. The average Bonchev–Trinajstić information content (AvgIpc) is 2.52. The second-order valence-electron chi connectivity index (χ2n) is 4.27. The standard InChI is InChI=1S/C15H15ClN2O3/c1-20-12-4-2-3-10(7-12)9-21-14-8-11(16)5-6-13(14)15(17)18-19/h2-8,19H,9H2,1H3,(H2,17,18). The second-order valence-corrected chi connectivity index (χ2v) is 4.70. The zero-order valence-electron chi connectivity index (χ0n) is 11.4. The molecule has 0 unspecified atom stereocenters. The summed E-state index contributed by atoms with van der Waals surface area (Å²) < 4.78 is 10.9. The van der Waals surface area contributed by atoms with Crippen molar-refractivity contribution in [2.45, 2.75) is 6.61 Å².